The summed E-state index contributed by atoms with van der Waals surface area (Å²) in [4.78, 5) is 8.18. The van der Waals surface area contributed by atoms with Gasteiger partial charge in [-0.2, -0.15) is 0 Å². The maximum absolute atomic E-state index is 14.4. The number of methoxy groups -OCH3 is 1. The van der Waals surface area contributed by atoms with Gasteiger partial charge in [0.05, 0.1) is 24.9 Å². The molecule has 1 aliphatic carbocycles. The van der Waals surface area contributed by atoms with E-state index in [-0.39, 0.29) is 23.0 Å². The van der Waals surface area contributed by atoms with Crippen molar-refractivity contribution in [2.24, 2.45) is 11.7 Å². The predicted molar refractivity (Wildman–Crippen MR) is 86.9 cm³/mol. The summed E-state index contributed by atoms with van der Waals surface area (Å²) in [6.45, 7) is 0. The number of nitrogens with zero attached hydrogens (tertiary/aromatic N) is 2. The van der Waals surface area contributed by atoms with Gasteiger partial charge in [0.1, 0.15) is 17.4 Å². The first kappa shape index (κ1) is 17.0. The highest BCUT2D eigenvalue weighted by Gasteiger charge is 2.33. The zero-order valence-corrected chi connectivity index (χ0v) is 13.5. The summed E-state index contributed by atoms with van der Waals surface area (Å²) in [6.07, 6.45) is 1.58. The Bertz CT molecular complexity index is 720. The van der Waals surface area contributed by atoms with Gasteiger partial charge in [0.2, 0.25) is 5.88 Å². The Labute approximate surface area is 139 Å². The van der Waals surface area contributed by atoms with Crippen LogP contribution in [-0.2, 0) is 0 Å². The molecule has 4 N–H and O–H groups in total. The van der Waals surface area contributed by atoms with Crippen molar-refractivity contribution in [3.63, 3.8) is 0 Å². The van der Waals surface area contributed by atoms with Crippen LogP contribution in [0.2, 0.25) is 0 Å². The highest BCUT2D eigenvalue weighted by Crippen LogP contribution is 2.35. The van der Waals surface area contributed by atoms with Crippen molar-refractivity contribution < 1.29 is 19.3 Å². The van der Waals surface area contributed by atoms with Gasteiger partial charge in [-0.3, -0.25) is 4.98 Å². The van der Waals surface area contributed by atoms with Crippen molar-refractivity contribution >= 4 is 11.0 Å². The minimum absolute atomic E-state index is 0.0405. The Morgan fingerprint density at radius 2 is 1.96 bits per heavy atom. The quantitative estimate of drug-likeness (QED) is 0.786. The van der Waals surface area contributed by atoms with Gasteiger partial charge >= 0.3 is 0 Å². The Morgan fingerprint density at radius 3 is 2.62 bits per heavy atom. The molecule has 2 heterocycles. The molecule has 0 aromatic carbocycles. The number of pyridine rings is 2. The lowest BCUT2D eigenvalue weighted by Gasteiger charge is -2.32. The van der Waals surface area contributed by atoms with Gasteiger partial charge in [0.25, 0.3) is 0 Å². The smallest absolute Gasteiger partial charge is 0.213 e. The SMILES string of the molecule is COc1ccc2ncc(F)c([C@@H](O)[C@H](O)[C@H]3CC[C@H](N)CC3)c2n1. The summed E-state index contributed by atoms with van der Waals surface area (Å²) < 4.78 is 19.4. The van der Waals surface area contributed by atoms with Gasteiger partial charge in [-0.25, -0.2) is 9.37 Å². The van der Waals surface area contributed by atoms with E-state index in [1.165, 1.54) is 7.11 Å². The van der Waals surface area contributed by atoms with Crippen LogP contribution in [0.4, 0.5) is 4.39 Å². The van der Waals surface area contributed by atoms with Crippen LogP contribution in [0, 0.1) is 11.7 Å². The van der Waals surface area contributed by atoms with Gasteiger partial charge in [0, 0.05) is 17.7 Å². The van der Waals surface area contributed by atoms with E-state index in [2.05, 4.69) is 9.97 Å². The Morgan fingerprint density at radius 1 is 1.25 bits per heavy atom. The van der Waals surface area contributed by atoms with Crippen LogP contribution in [0.5, 0.6) is 5.88 Å². The molecular weight excluding hydrogens is 313 g/mol. The van der Waals surface area contributed by atoms with Crippen LogP contribution < -0.4 is 10.5 Å². The molecular formula is C17H22FN3O3. The fourth-order valence-corrected chi connectivity index (χ4v) is 3.36. The van der Waals surface area contributed by atoms with Crippen molar-refractivity contribution in [2.75, 3.05) is 7.11 Å². The third-order valence-corrected chi connectivity index (χ3v) is 4.81. The van der Waals surface area contributed by atoms with Gasteiger partial charge in [-0.15, -0.1) is 0 Å². The van der Waals surface area contributed by atoms with Crippen LogP contribution in [0.15, 0.2) is 18.3 Å². The molecule has 2 aromatic heterocycles. The molecule has 0 saturated heterocycles. The first-order valence-electron chi connectivity index (χ1n) is 8.12. The second kappa shape index (κ2) is 6.96. The molecule has 1 fully saturated rings. The van der Waals surface area contributed by atoms with Crippen LogP contribution in [0.1, 0.15) is 37.4 Å². The molecule has 2 aromatic rings. The monoisotopic (exact) mass is 335 g/mol. The summed E-state index contributed by atoms with van der Waals surface area (Å²) in [5.41, 5.74) is 6.47. The van der Waals surface area contributed by atoms with Crippen LogP contribution in [-0.4, -0.2) is 39.4 Å². The van der Waals surface area contributed by atoms with Crippen LogP contribution >= 0.6 is 0 Å². The lowest BCUT2D eigenvalue weighted by Crippen LogP contribution is -2.35. The van der Waals surface area contributed by atoms with E-state index in [1.54, 1.807) is 12.1 Å². The van der Waals surface area contributed by atoms with Gasteiger partial charge < -0.3 is 20.7 Å². The van der Waals surface area contributed by atoms with E-state index in [9.17, 15) is 14.6 Å². The largest absolute Gasteiger partial charge is 0.481 e. The van der Waals surface area contributed by atoms with E-state index in [1.807, 2.05) is 0 Å². The fourth-order valence-electron chi connectivity index (χ4n) is 3.36. The Hall–Kier alpha value is -1.83. The zero-order chi connectivity index (χ0) is 17.3. The third-order valence-electron chi connectivity index (χ3n) is 4.81. The number of fused-ring (bicyclic) bond motifs is 1. The zero-order valence-electron chi connectivity index (χ0n) is 13.5. The van der Waals surface area contributed by atoms with E-state index in [4.69, 9.17) is 10.5 Å². The van der Waals surface area contributed by atoms with Gasteiger partial charge in [-0.05, 0) is 37.7 Å². The number of ether oxygens (including phenoxy) is 1. The van der Waals surface area contributed by atoms with E-state index >= 15 is 0 Å². The molecule has 6 nitrogen and oxygen atoms in total. The lowest BCUT2D eigenvalue weighted by molar-refractivity contribution is -0.0306. The van der Waals surface area contributed by atoms with Crippen molar-refractivity contribution in [1.82, 2.24) is 9.97 Å². The summed E-state index contributed by atoms with van der Waals surface area (Å²) >= 11 is 0. The van der Waals surface area contributed by atoms with Crippen molar-refractivity contribution in [3.05, 3.63) is 29.7 Å². The molecule has 3 rings (SSSR count). The molecule has 0 bridgehead atoms. The van der Waals surface area contributed by atoms with Crippen LogP contribution in [0.3, 0.4) is 0 Å². The number of hydrogen-bond donors (Lipinski definition) is 3. The van der Waals surface area contributed by atoms with Gasteiger partial charge in [0.15, 0.2) is 0 Å². The number of aliphatic hydroxyl groups excluding tert-OH is 2. The fraction of sp³-hybridized carbons (Fsp3) is 0.529. The first-order valence-corrected chi connectivity index (χ1v) is 8.12. The predicted octanol–water partition coefficient (Wildman–Crippen LogP) is 1.69. The maximum Gasteiger partial charge on any atom is 0.213 e. The Balaban J connectivity index is 1.96. The molecule has 0 unspecified atom stereocenters. The number of aliphatic hydroxyl groups is 2. The second-order valence-corrected chi connectivity index (χ2v) is 6.35. The normalized spacial score (nSPS) is 23.9. The van der Waals surface area contributed by atoms with E-state index in [0.717, 1.165) is 19.0 Å². The van der Waals surface area contributed by atoms with Gasteiger partial charge in [-0.1, -0.05) is 0 Å². The Kier molecular flexibility index (Phi) is 4.93. The number of aromatic nitrogens is 2. The third kappa shape index (κ3) is 3.19. The summed E-state index contributed by atoms with van der Waals surface area (Å²) in [6, 6.07) is 3.39. The maximum atomic E-state index is 14.4. The van der Waals surface area contributed by atoms with E-state index < -0.39 is 18.0 Å². The van der Waals surface area contributed by atoms with E-state index in [0.29, 0.717) is 24.2 Å². The highest BCUT2D eigenvalue weighted by molar-refractivity contribution is 5.78. The molecule has 0 spiro atoms. The second-order valence-electron chi connectivity index (χ2n) is 6.35. The molecule has 0 radical (unpaired) electrons. The van der Waals surface area contributed by atoms with Crippen molar-refractivity contribution in [2.45, 2.75) is 43.9 Å². The van der Waals surface area contributed by atoms with Crippen molar-refractivity contribution in [3.8, 4) is 5.88 Å². The van der Waals surface area contributed by atoms with Crippen molar-refractivity contribution in [1.29, 1.82) is 0 Å². The summed E-state index contributed by atoms with van der Waals surface area (Å²) in [5.74, 6) is -0.517. The average Bonchev–Trinajstić information content (AvgIpc) is 2.60. The number of hydrogen-bond acceptors (Lipinski definition) is 6. The molecule has 1 aliphatic rings. The average molecular weight is 335 g/mol. The number of nitrogens with two attached hydrogens (primary N) is 1. The molecule has 0 aliphatic heterocycles. The lowest BCUT2D eigenvalue weighted by atomic mass is 9.80. The molecule has 24 heavy (non-hydrogen) atoms. The summed E-state index contributed by atoms with van der Waals surface area (Å²) in [5, 5.41) is 21.2. The molecule has 130 valence electrons. The van der Waals surface area contributed by atoms with Crippen LogP contribution in [0.25, 0.3) is 11.0 Å². The first-order chi connectivity index (χ1) is 11.5. The number of rotatable bonds is 4. The molecule has 1 saturated carbocycles. The molecule has 7 heteroatoms. The minimum atomic E-state index is -1.38. The topological polar surface area (TPSA) is 101 Å². The number of halogens is 1. The standard InChI is InChI=1S/C17H22FN3O3/c1-24-13-7-6-12-15(21-13)14(11(18)8-20-12)17(23)16(22)9-2-4-10(19)5-3-9/h6-10,16-17,22-23H,2-5,19H2,1H3/t9-,10-,16-,17-/m1/s1. The molecule has 0 amide bonds. The highest BCUT2D eigenvalue weighted by atomic mass is 19.1. The minimum Gasteiger partial charge on any atom is -0.481 e. The summed E-state index contributed by atoms with van der Waals surface area (Å²) in [7, 11) is 1.46. The molecule has 2 atom stereocenters.